The SMILES string of the molecule is CCn1c(CNC(=O)COc2ccc(C(C)C)cc2)nnc1SCC(=O)Nc1ccccc1OC. The van der Waals surface area contributed by atoms with Crippen molar-refractivity contribution in [1.29, 1.82) is 0 Å². The number of carbonyl (C=O) groups excluding carboxylic acids is 2. The highest BCUT2D eigenvalue weighted by Crippen LogP contribution is 2.24. The Morgan fingerprint density at radius 1 is 1.06 bits per heavy atom. The van der Waals surface area contributed by atoms with Crippen LogP contribution in [0.5, 0.6) is 11.5 Å². The molecule has 2 N–H and O–H groups in total. The fourth-order valence-corrected chi connectivity index (χ4v) is 4.09. The van der Waals surface area contributed by atoms with Gasteiger partial charge in [0.15, 0.2) is 17.6 Å². The zero-order chi connectivity index (χ0) is 25.2. The van der Waals surface area contributed by atoms with Gasteiger partial charge in [0.1, 0.15) is 11.5 Å². The summed E-state index contributed by atoms with van der Waals surface area (Å²) in [6.45, 7) is 6.93. The molecule has 9 nitrogen and oxygen atoms in total. The van der Waals surface area contributed by atoms with Gasteiger partial charge in [0, 0.05) is 6.54 Å². The molecule has 186 valence electrons. The van der Waals surface area contributed by atoms with E-state index in [9.17, 15) is 9.59 Å². The van der Waals surface area contributed by atoms with E-state index < -0.39 is 0 Å². The number of anilines is 1. The van der Waals surface area contributed by atoms with Gasteiger partial charge in [-0.25, -0.2) is 0 Å². The molecule has 3 rings (SSSR count). The number of nitrogens with zero attached hydrogens (tertiary/aromatic N) is 3. The van der Waals surface area contributed by atoms with Crippen LogP contribution in [0.3, 0.4) is 0 Å². The zero-order valence-electron chi connectivity index (χ0n) is 20.4. The molecule has 2 aromatic carbocycles. The van der Waals surface area contributed by atoms with Crippen LogP contribution in [0, 0.1) is 0 Å². The summed E-state index contributed by atoms with van der Waals surface area (Å²) in [7, 11) is 1.56. The summed E-state index contributed by atoms with van der Waals surface area (Å²) >= 11 is 1.28. The predicted molar refractivity (Wildman–Crippen MR) is 136 cm³/mol. The third-order valence-corrected chi connectivity index (χ3v) is 6.15. The molecular weight excluding hydrogens is 466 g/mol. The Kier molecular flexibility index (Phi) is 9.54. The van der Waals surface area contributed by atoms with Gasteiger partial charge in [0.25, 0.3) is 5.91 Å². The lowest BCUT2D eigenvalue weighted by atomic mass is 10.0. The van der Waals surface area contributed by atoms with Crippen molar-refractivity contribution in [3.05, 3.63) is 59.9 Å². The first-order chi connectivity index (χ1) is 16.9. The number of nitrogens with one attached hydrogen (secondary N) is 2. The second-order valence-corrected chi connectivity index (χ2v) is 8.91. The molecule has 0 unspecified atom stereocenters. The third kappa shape index (κ3) is 7.48. The van der Waals surface area contributed by atoms with E-state index in [0.717, 1.165) is 0 Å². The highest BCUT2D eigenvalue weighted by Gasteiger charge is 2.15. The molecule has 0 spiro atoms. The summed E-state index contributed by atoms with van der Waals surface area (Å²) < 4.78 is 12.7. The van der Waals surface area contributed by atoms with Crippen molar-refractivity contribution in [2.24, 2.45) is 0 Å². The minimum Gasteiger partial charge on any atom is -0.495 e. The molecule has 0 aliphatic rings. The molecule has 2 amide bonds. The van der Waals surface area contributed by atoms with Gasteiger partial charge in [0.05, 0.1) is 25.1 Å². The molecule has 0 bridgehead atoms. The first kappa shape index (κ1) is 26.1. The van der Waals surface area contributed by atoms with Crippen LogP contribution in [-0.2, 0) is 22.7 Å². The Hall–Kier alpha value is -3.53. The largest absolute Gasteiger partial charge is 0.495 e. The molecule has 0 fully saturated rings. The minimum atomic E-state index is -0.256. The van der Waals surface area contributed by atoms with Gasteiger partial charge in [-0.1, -0.05) is 49.9 Å². The Morgan fingerprint density at radius 3 is 2.49 bits per heavy atom. The highest BCUT2D eigenvalue weighted by atomic mass is 32.2. The maximum Gasteiger partial charge on any atom is 0.258 e. The topological polar surface area (TPSA) is 107 Å². The summed E-state index contributed by atoms with van der Waals surface area (Å²) in [5.74, 6) is 2.00. The summed E-state index contributed by atoms with van der Waals surface area (Å²) in [6.07, 6.45) is 0. The van der Waals surface area contributed by atoms with Crippen molar-refractivity contribution in [3.63, 3.8) is 0 Å². The lowest BCUT2D eigenvalue weighted by Gasteiger charge is -2.11. The fraction of sp³-hybridized carbons (Fsp3) is 0.360. The first-order valence-electron chi connectivity index (χ1n) is 11.4. The number of rotatable bonds is 12. The molecule has 0 saturated carbocycles. The van der Waals surface area contributed by atoms with Gasteiger partial charge in [-0.2, -0.15) is 0 Å². The number of benzene rings is 2. The van der Waals surface area contributed by atoms with Crippen LogP contribution in [0.25, 0.3) is 0 Å². The van der Waals surface area contributed by atoms with E-state index in [2.05, 4.69) is 34.7 Å². The van der Waals surface area contributed by atoms with E-state index in [-0.39, 0.29) is 30.7 Å². The number of hydrogen-bond acceptors (Lipinski definition) is 7. The maximum absolute atomic E-state index is 12.4. The summed E-state index contributed by atoms with van der Waals surface area (Å²) in [5.41, 5.74) is 1.82. The van der Waals surface area contributed by atoms with E-state index in [1.165, 1.54) is 17.3 Å². The molecule has 0 saturated heterocycles. The molecule has 1 aromatic heterocycles. The smallest absolute Gasteiger partial charge is 0.258 e. The van der Waals surface area contributed by atoms with E-state index in [1.807, 2.05) is 47.9 Å². The van der Waals surface area contributed by atoms with E-state index in [0.29, 0.717) is 40.6 Å². The number of methoxy groups -OCH3 is 1. The van der Waals surface area contributed by atoms with Gasteiger partial charge in [-0.3, -0.25) is 9.59 Å². The van der Waals surface area contributed by atoms with Crippen LogP contribution in [-0.4, -0.2) is 46.0 Å². The highest BCUT2D eigenvalue weighted by molar-refractivity contribution is 7.99. The van der Waals surface area contributed by atoms with Gasteiger partial charge in [-0.15, -0.1) is 10.2 Å². The van der Waals surface area contributed by atoms with Crippen molar-refractivity contribution in [2.45, 2.75) is 44.9 Å². The van der Waals surface area contributed by atoms with Crippen molar-refractivity contribution in [1.82, 2.24) is 20.1 Å². The van der Waals surface area contributed by atoms with Crippen molar-refractivity contribution in [3.8, 4) is 11.5 Å². The Balaban J connectivity index is 1.48. The number of thioether (sulfide) groups is 1. The standard InChI is InChI=1S/C25H31N5O4S/c1-5-30-22(14-26-23(31)15-34-19-12-10-18(11-13-19)17(2)3)28-29-25(30)35-16-24(32)27-20-8-6-7-9-21(20)33-4/h6-13,17H,5,14-16H2,1-4H3,(H,26,31)(H,27,32). The maximum atomic E-state index is 12.4. The summed E-state index contributed by atoms with van der Waals surface area (Å²) in [5, 5.41) is 14.6. The molecule has 0 atom stereocenters. The molecule has 3 aromatic rings. The van der Waals surface area contributed by atoms with Crippen LogP contribution in [0.4, 0.5) is 5.69 Å². The van der Waals surface area contributed by atoms with Crippen LogP contribution in [0.2, 0.25) is 0 Å². The lowest BCUT2D eigenvalue weighted by molar-refractivity contribution is -0.123. The van der Waals surface area contributed by atoms with Crippen molar-refractivity contribution >= 4 is 29.3 Å². The van der Waals surface area contributed by atoms with E-state index in [4.69, 9.17) is 9.47 Å². The van der Waals surface area contributed by atoms with Crippen LogP contribution >= 0.6 is 11.8 Å². The predicted octanol–water partition coefficient (Wildman–Crippen LogP) is 3.86. The molecular formula is C25H31N5O4S. The Bertz CT molecular complexity index is 1130. The normalized spacial score (nSPS) is 10.8. The molecule has 10 heteroatoms. The zero-order valence-corrected chi connectivity index (χ0v) is 21.2. The van der Waals surface area contributed by atoms with Gasteiger partial charge >= 0.3 is 0 Å². The second kappa shape index (κ2) is 12.8. The van der Waals surface area contributed by atoms with Crippen LogP contribution in [0.1, 0.15) is 38.1 Å². The molecule has 0 aliphatic heterocycles. The molecule has 35 heavy (non-hydrogen) atoms. The Morgan fingerprint density at radius 2 is 1.80 bits per heavy atom. The van der Waals surface area contributed by atoms with Crippen molar-refractivity contribution in [2.75, 3.05) is 24.8 Å². The van der Waals surface area contributed by atoms with Gasteiger partial charge in [0.2, 0.25) is 5.91 Å². The Labute approximate surface area is 209 Å². The average molecular weight is 498 g/mol. The summed E-state index contributed by atoms with van der Waals surface area (Å²) in [6, 6.07) is 14.9. The van der Waals surface area contributed by atoms with Crippen molar-refractivity contribution < 1.29 is 19.1 Å². The number of amides is 2. The lowest BCUT2D eigenvalue weighted by Crippen LogP contribution is -2.29. The van der Waals surface area contributed by atoms with E-state index in [1.54, 1.807) is 19.2 Å². The molecule has 0 radical (unpaired) electrons. The average Bonchev–Trinajstić information content (AvgIpc) is 3.27. The fourth-order valence-electron chi connectivity index (χ4n) is 3.27. The number of carbonyl (C=O) groups is 2. The van der Waals surface area contributed by atoms with Crippen LogP contribution in [0.15, 0.2) is 53.7 Å². The minimum absolute atomic E-state index is 0.0913. The summed E-state index contributed by atoms with van der Waals surface area (Å²) in [4.78, 5) is 24.7. The number of ether oxygens (including phenoxy) is 2. The van der Waals surface area contributed by atoms with Crippen LogP contribution < -0.4 is 20.1 Å². The second-order valence-electron chi connectivity index (χ2n) is 7.97. The van der Waals surface area contributed by atoms with Gasteiger partial charge in [-0.05, 0) is 42.7 Å². The third-order valence-electron chi connectivity index (χ3n) is 5.18. The quantitative estimate of drug-likeness (QED) is 0.366. The number of hydrogen-bond donors (Lipinski definition) is 2. The molecule has 1 heterocycles. The molecule has 0 aliphatic carbocycles. The van der Waals surface area contributed by atoms with E-state index >= 15 is 0 Å². The first-order valence-corrected chi connectivity index (χ1v) is 12.4. The number of aromatic nitrogens is 3. The number of para-hydroxylation sites is 2. The van der Waals surface area contributed by atoms with Gasteiger partial charge < -0.3 is 24.7 Å². The monoisotopic (exact) mass is 497 g/mol.